The Balaban J connectivity index is 2.19. The molecule has 0 aliphatic carbocycles. The second kappa shape index (κ2) is 4.89. The van der Waals surface area contributed by atoms with Gasteiger partial charge in [0.15, 0.2) is 0 Å². The third kappa shape index (κ3) is 4.89. The van der Waals surface area contributed by atoms with Gasteiger partial charge in [-0.2, -0.15) is 0 Å². The van der Waals surface area contributed by atoms with Crippen LogP contribution >= 0.6 is 0 Å². The van der Waals surface area contributed by atoms with E-state index in [1.807, 2.05) is 0 Å². The standard InChI is InChI=1S/Al.2H3OSi/c;2*1-2/h;2*2H3/q+3;2*-1. The Kier molecular flexibility index (Phi) is 5.75. The van der Waals surface area contributed by atoms with Gasteiger partial charge in [-0.1, -0.05) is 0 Å². The van der Waals surface area contributed by atoms with E-state index in [2.05, 4.69) is 0 Å². The zero-order valence-electron chi connectivity index (χ0n) is 3.39. The van der Waals surface area contributed by atoms with Gasteiger partial charge in [-0.25, -0.2) is 0 Å². The van der Waals surface area contributed by atoms with Gasteiger partial charge in [0.05, 0.1) is 0 Å². The van der Waals surface area contributed by atoms with Crippen LogP contribution in [0.15, 0.2) is 0 Å². The summed E-state index contributed by atoms with van der Waals surface area (Å²) in [5.74, 6) is 0. The molecule has 2 nitrogen and oxygen atoms in total. The molecule has 0 amide bonds. The fourth-order valence-electron chi connectivity index (χ4n) is 0.0962. The van der Waals surface area contributed by atoms with E-state index < -0.39 is 0 Å². The Morgan fingerprint density at radius 1 is 1.20 bits per heavy atom. The second-order valence-corrected chi connectivity index (χ2v) is 4.53. The van der Waals surface area contributed by atoms with Crippen LogP contribution in [0.3, 0.4) is 0 Å². The van der Waals surface area contributed by atoms with E-state index in [1.165, 1.54) is 0 Å². The van der Waals surface area contributed by atoms with Gasteiger partial charge in [0.2, 0.25) is 0 Å². The first-order valence-electron chi connectivity index (χ1n) is 1.29. The third-order valence-electron chi connectivity index (χ3n) is 0.192. The van der Waals surface area contributed by atoms with E-state index in [-0.39, 0.29) is 15.9 Å². The molecule has 5 heteroatoms. The summed E-state index contributed by atoms with van der Waals surface area (Å²) in [6.07, 6.45) is 0. The van der Waals surface area contributed by atoms with Crippen molar-refractivity contribution in [1.82, 2.24) is 0 Å². The molecule has 0 aromatic carbocycles. The third-order valence-corrected chi connectivity index (χ3v) is 1.73. The van der Waals surface area contributed by atoms with Crippen LogP contribution in [-0.4, -0.2) is 36.9 Å². The van der Waals surface area contributed by atoms with Crippen molar-refractivity contribution in [1.29, 1.82) is 0 Å². The van der Waals surface area contributed by atoms with Crippen molar-refractivity contribution in [2.24, 2.45) is 0 Å². The summed E-state index contributed by atoms with van der Waals surface area (Å²) in [5, 5.41) is 0. The van der Waals surface area contributed by atoms with Crippen molar-refractivity contribution >= 4 is 36.9 Å². The number of hydrogen-bond donors (Lipinski definition) is 0. The van der Waals surface area contributed by atoms with E-state index in [9.17, 15) is 0 Å². The van der Waals surface area contributed by atoms with Crippen molar-refractivity contribution in [3.63, 3.8) is 0 Å². The van der Waals surface area contributed by atoms with E-state index in [4.69, 9.17) is 6.96 Å². The molecule has 0 spiro atoms. The summed E-state index contributed by atoms with van der Waals surface area (Å²) >= 11 is -0.0617. The Bertz CT molecular complexity index is 15.1. The molecule has 0 unspecified atom stereocenters. The molecule has 0 N–H and O–H groups in total. The van der Waals surface area contributed by atoms with Crippen molar-refractivity contribution in [2.45, 2.75) is 0 Å². The first-order chi connectivity index (χ1) is 2.41. The molecule has 0 saturated carbocycles. The van der Waals surface area contributed by atoms with Gasteiger partial charge in [0.25, 0.3) is 0 Å². The van der Waals surface area contributed by atoms with Gasteiger partial charge in [0.1, 0.15) is 0 Å². The summed E-state index contributed by atoms with van der Waals surface area (Å²) in [7, 11) is 1.67. The molecule has 0 saturated heterocycles. The van der Waals surface area contributed by atoms with Crippen molar-refractivity contribution in [3.8, 4) is 0 Å². The zero-order chi connectivity index (χ0) is 4.12. The van der Waals surface area contributed by atoms with Crippen molar-refractivity contribution in [3.05, 3.63) is 0 Å². The normalized spacial score (nSPS) is 8.00. The summed E-state index contributed by atoms with van der Waals surface area (Å²) < 4.78 is 9.45. The molecule has 28 valence electrons. The van der Waals surface area contributed by atoms with E-state index in [0.717, 1.165) is 21.0 Å². The molecule has 0 bridgehead atoms. The predicted octanol–water partition coefficient (Wildman–Crippen LogP) is -2.89. The van der Waals surface area contributed by atoms with Crippen molar-refractivity contribution in [2.75, 3.05) is 0 Å². The summed E-state index contributed by atoms with van der Waals surface area (Å²) in [5.41, 5.74) is 0. The molecule has 0 aliphatic rings. The Morgan fingerprint density at radius 2 is 1.60 bits per heavy atom. The summed E-state index contributed by atoms with van der Waals surface area (Å²) in [6, 6.07) is 0. The SMILES string of the molecule is [SiH3][O][Al+][O][SiH3]. The van der Waals surface area contributed by atoms with Gasteiger partial charge in [0, 0.05) is 0 Å². The van der Waals surface area contributed by atoms with Gasteiger partial charge in [-0.15, -0.1) is 0 Å². The van der Waals surface area contributed by atoms with E-state index in [1.54, 1.807) is 0 Å². The predicted molar refractivity (Wildman–Crippen MR) is 27.8 cm³/mol. The first-order valence-corrected chi connectivity index (χ1v) is 3.86. The van der Waals surface area contributed by atoms with E-state index in [0.29, 0.717) is 0 Å². The average molecular weight is 121 g/mol. The molecule has 0 atom stereocenters. The number of rotatable bonds is 2. The van der Waals surface area contributed by atoms with Crippen LogP contribution in [0.4, 0.5) is 0 Å². The first kappa shape index (κ1) is 5.89. The molecular weight excluding hydrogens is 115 g/mol. The molecule has 0 rings (SSSR count). The quantitative estimate of drug-likeness (QED) is 0.365. The summed E-state index contributed by atoms with van der Waals surface area (Å²) in [6.45, 7) is 0. The van der Waals surface area contributed by atoms with Gasteiger partial charge >= 0.3 is 43.8 Å². The second-order valence-electron chi connectivity index (χ2n) is 0.568. The Labute approximate surface area is 44.3 Å². The number of hydrogen-bond acceptors (Lipinski definition) is 2. The molecule has 0 fully saturated rings. The van der Waals surface area contributed by atoms with Gasteiger partial charge in [-0.3, -0.25) is 0 Å². The van der Waals surface area contributed by atoms with Gasteiger partial charge < -0.3 is 0 Å². The average Bonchev–Trinajstić information content (AvgIpc) is 1.41. The molecule has 0 aromatic heterocycles. The van der Waals surface area contributed by atoms with Crippen LogP contribution in [0.1, 0.15) is 0 Å². The monoisotopic (exact) mass is 121 g/mol. The minimum atomic E-state index is -0.0617. The molecule has 0 heterocycles. The fourth-order valence-corrected chi connectivity index (χ4v) is 2.60. The minimum absolute atomic E-state index is 0.0617. The Morgan fingerprint density at radius 3 is 1.60 bits per heavy atom. The molecule has 0 aliphatic heterocycles. The van der Waals surface area contributed by atoms with Crippen LogP contribution < -0.4 is 0 Å². The maximum absolute atomic E-state index is 4.73. The fraction of sp³-hybridized carbons (Fsp3) is 0. The van der Waals surface area contributed by atoms with Crippen LogP contribution in [0.25, 0.3) is 0 Å². The van der Waals surface area contributed by atoms with Crippen molar-refractivity contribution < 1.29 is 6.96 Å². The van der Waals surface area contributed by atoms with Crippen LogP contribution in [0.2, 0.25) is 0 Å². The topological polar surface area (TPSA) is 18.5 Å². The zero-order valence-corrected chi connectivity index (χ0v) is 8.55. The van der Waals surface area contributed by atoms with Crippen LogP contribution in [0.5, 0.6) is 0 Å². The van der Waals surface area contributed by atoms with Crippen LogP contribution in [0, 0.1) is 0 Å². The molecular formula is H6AlO2Si2+. The summed E-state index contributed by atoms with van der Waals surface area (Å²) in [4.78, 5) is 0. The molecule has 0 aromatic rings. The molecule has 0 radical (unpaired) electrons. The van der Waals surface area contributed by atoms with Crippen LogP contribution in [-0.2, 0) is 6.96 Å². The Hall–Kier alpha value is 0.886. The molecule has 5 heavy (non-hydrogen) atoms. The van der Waals surface area contributed by atoms with Gasteiger partial charge in [-0.05, 0) is 0 Å². The maximum atomic E-state index is 4.73. The van der Waals surface area contributed by atoms with E-state index >= 15 is 0 Å².